The summed E-state index contributed by atoms with van der Waals surface area (Å²) in [4.78, 5) is 30.8. The number of rotatable bonds is 7. The molecule has 0 saturated carbocycles. The lowest BCUT2D eigenvalue weighted by Gasteiger charge is -2.23. The van der Waals surface area contributed by atoms with Gasteiger partial charge in [0.15, 0.2) is 5.96 Å². The van der Waals surface area contributed by atoms with Crippen molar-refractivity contribution in [1.29, 1.82) is 0 Å². The molecule has 1 heterocycles. The highest BCUT2D eigenvalue weighted by atomic mass is 127. The Hall–Kier alpha value is -2.04. The Morgan fingerprint density at radius 3 is 2.66 bits per heavy atom. The van der Waals surface area contributed by atoms with E-state index in [4.69, 9.17) is 9.73 Å². The van der Waals surface area contributed by atoms with E-state index in [1.165, 1.54) is 0 Å². The van der Waals surface area contributed by atoms with Crippen LogP contribution in [0.2, 0.25) is 0 Å². The maximum absolute atomic E-state index is 12.0. The van der Waals surface area contributed by atoms with Crippen molar-refractivity contribution in [3.8, 4) is 0 Å². The second-order valence-corrected chi connectivity index (χ2v) is 8.75. The van der Waals surface area contributed by atoms with E-state index in [0.717, 1.165) is 43.1 Å². The molecule has 8 nitrogen and oxygen atoms in total. The number of nitrogens with one attached hydrogen (secondary N) is 3. The smallest absolute Gasteiger partial charge is 0.407 e. The number of carbonyl (C=O) groups excluding carboxylic acids is 2. The second-order valence-electron chi connectivity index (χ2n) is 8.75. The number of nitrogens with zero attached hydrogens (tertiary/aromatic N) is 2. The number of likely N-dealkylation sites (tertiary alicyclic amines) is 1. The molecule has 0 aromatic heterocycles. The molecule has 1 atom stereocenters. The van der Waals surface area contributed by atoms with Crippen LogP contribution in [0.3, 0.4) is 0 Å². The van der Waals surface area contributed by atoms with Crippen molar-refractivity contribution in [1.82, 2.24) is 15.5 Å². The van der Waals surface area contributed by atoms with Crippen LogP contribution >= 0.6 is 24.0 Å². The van der Waals surface area contributed by atoms with Crippen LogP contribution in [0.25, 0.3) is 0 Å². The van der Waals surface area contributed by atoms with Crippen LogP contribution in [0.1, 0.15) is 59.4 Å². The van der Waals surface area contributed by atoms with Crippen molar-refractivity contribution in [2.24, 2.45) is 4.99 Å². The van der Waals surface area contributed by atoms with E-state index >= 15 is 0 Å². The Labute approximate surface area is 209 Å². The molecule has 32 heavy (non-hydrogen) atoms. The molecule has 0 spiro atoms. The minimum Gasteiger partial charge on any atom is -0.444 e. The summed E-state index contributed by atoms with van der Waals surface area (Å²) in [5.41, 5.74) is 1.30. The van der Waals surface area contributed by atoms with Crippen LogP contribution in [0.4, 0.5) is 10.5 Å². The molecular formula is C23H38IN5O3. The van der Waals surface area contributed by atoms with Gasteiger partial charge in [-0.2, -0.15) is 0 Å². The van der Waals surface area contributed by atoms with E-state index in [2.05, 4.69) is 20.9 Å². The highest BCUT2D eigenvalue weighted by Gasteiger charge is 2.27. The van der Waals surface area contributed by atoms with Gasteiger partial charge in [-0.1, -0.05) is 19.1 Å². The lowest BCUT2D eigenvalue weighted by atomic mass is 10.2. The molecule has 2 amide bonds. The maximum Gasteiger partial charge on any atom is 0.407 e. The summed E-state index contributed by atoms with van der Waals surface area (Å²) in [5.74, 6) is 0.841. The van der Waals surface area contributed by atoms with Gasteiger partial charge in [-0.3, -0.25) is 4.79 Å². The third-order valence-electron chi connectivity index (χ3n) is 4.64. The maximum atomic E-state index is 12.0. The lowest BCUT2D eigenvalue weighted by molar-refractivity contribution is -0.116. The van der Waals surface area contributed by atoms with Gasteiger partial charge in [0, 0.05) is 31.7 Å². The first kappa shape index (κ1) is 28.0. The molecule has 0 radical (unpaired) electrons. The van der Waals surface area contributed by atoms with Gasteiger partial charge in [-0.25, -0.2) is 9.79 Å². The van der Waals surface area contributed by atoms with E-state index < -0.39 is 5.60 Å². The Morgan fingerprint density at radius 2 is 2.00 bits per heavy atom. The van der Waals surface area contributed by atoms with E-state index in [-0.39, 0.29) is 42.0 Å². The van der Waals surface area contributed by atoms with Gasteiger partial charge in [0.2, 0.25) is 5.91 Å². The molecule has 1 aromatic carbocycles. The highest BCUT2D eigenvalue weighted by molar-refractivity contribution is 14.0. The first-order valence-corrected chi connectivity index (χ1v) is 11.1. The topological polar surface area (TPSA) is 95.1 Å². The third-order valence-corrected chi connectivity index (χ3v) is 4.64. The van der Waals surface area contributed by atoms with E-state index in [1.54, 1.807) is 0 Å². The molecule has 1 aliphatic rings. The predicted octanol–water partition coefficient (Wildman–Crippen LogP) is 4.11. The van der Waals surface area contributed by atoms with Crippen LogP contribution in [0, 0.1) is 0 Å². The number of hydrogen-bond acceptors (Lipinski definition) is 4. The normalized spacial score (nSPS) is 16.2. The number of ether oxygens (including phenoxy) is 1. The number of guanidine groups is 1. The Kier molecular flexibility index (Phi) is 11.8. The zero-order chi connectivity index (χ0) is 22.9. The van der Waals surface area contributed by atoms with Gasteiger partial charge in [0.05, 0.1) is 12.6 Å². The number of amides is 2. The van der Waals surface area contributed by atoms with E-state index in [1.807, 2.05) is 58.9 Å². The third kappa shape index (κ3) is 10.1. The minimum atomic E-state index is -0.511. The Bertz CT molecular complexity index is 779. The molecule has 0 aliphatic carbocycles. The Morgan fingerprint density at radius 1 is 1.25 bits per heavy atom. The van der Waals surface area contributed by atoms with Gasteiger partial charge in [-0.05, 0) is 58.2 Å². The summed E-state index contributed by atoms with van der Waals surface area (Å²) >= 11 is 0. The summed E-state index contributed by atoms with van der Waals surface area (Å²) in [6.07, 6.45) is 1.79. The quantitative estimate of drug-likeness (QED) is 0.266. The highest BCUT2D eigenvalue weighted by Crippen LogP contribution is 2.15. The van der Waals surface area contributed by atoms with Gasteiger partial charge in [0.1, 0.15) is 5.60 Å². The molecule has 180 valence electrons. The standard InChI is InChI=1S/C23H37N5O3.HI/c1-6-9-20(29)26-18-11-8-10-17(14-18)15-25-21(24-7-2)28-13-12-19(16-28)27-22(30)31-23(3,4)5;/h8,10-11,14,19H,6-7,9,12-13,15-16H2,1-5H3,(H,24,25)(H,26,29)(H,27,30);1H. The van der Waals surface area contributed by atoms with Gasteiger partial charge >= 0.3 is 6.09 Å². The molecule has 1 aliphatic heterocycles. The summed E-state index contributed by atoms with van der Waals surface area (Å²) in [6, 6.07) is 7.79. The first-order valence-electron chi connectivity index (χ1n) is 11.1. The SMILES string of the molecule is CCCC(=O)Nc1cccc(CN=C(NCC)N2CCC(NC(=O)OC(C)(C)C)C2)c1.I. The summed E-state index contributed by atoms with van der Waals surface area (Å²) in [5, 5.41) is 9.20. The zero-order valence-electron chi connectivity index (χ0n) is 19.9. The van der Waals surface area contributed by atoms with Crippen LogP contribution in [-0.2, 0) is 16.1 Å². The number of alkyl carbamates (subject to hydrolysis) is 1. The zero-order valence-corrected chi connectivity index (χ0v) is 22.2. The number of carbonyl (C=O) groups is 2. The monoisotopic (exact) mass is 559 g/mol. The predicted molar refractivity (Wildman–Crippen MR) is 140 cm³/mol. The molecular weight excluding hydrogens is 521 g/mol. The fourth-order valence-electron chi connectivity index (χ4n) is 3.33. The average molecular weight is 559 g/mol. The van der Waals surface area contributed by atoms with Gasteiger partial charge in [-0.15, -0.1) is 24.0 Å². The van der Waals surface area contributed by atoms with Crippen molar-refractivity contribution in [2.45, 2.75) is 72.1 Å². The summed E-state index contributed by atoms with van der Waals surface area (Å²) < 4.78 is 5.36. The molecule has 1 fully saturated rings. The van der Waals surface area contributed by atoms with E-state index in [0.29, 0.717) is 19.5 Å². The molecule has 3 N–H and O–H groups in total. The van der Waals surface area contributed by atoms with Crippen molar-refractivity contribution in [2.75, 3.05) is 25.0 Å². The van der Waals surface area contributed by atoms with Crippen LogP contribution in [-0.4, -0.2) is 54.1 Å². The number of aliphatic imine (C=N–C) groups is 1. The first-order chi connectivity index (χ1) is 14.7. The number of halogens is 1. The van der Waals surface area contributed by atoms with Crippen molar-refractivity contribution in [3.63, 3.8) is 0 Å². The fourth-order valence-corrected chi connectivity index (χ4v) is 3.33. The van der Waals surface area contributed by atoms with Crippen molar-refractivity contribution in [3.05, 3.63) is 29.8 Å². The van der Waals surface area contributed by atoms with Gasteiger partial charge < -0.3 is 25.6 Å². The number of anilines is 1. The van der Waals surface area contributed by atoms with E-state index in [9.17, 15) is 9.59 Å². The lowest BCUT2D eigenvalue weighted by Crippen LogP contribution is -2.44. The molecule has 1 aromatic rings. The molecule has 2 rings (SSSR count). The minimum absolute atomic E-state index is 0. The summed E-state index contributed by atoms with van der Waals surface area (Å²) in [6.45, 7) is 12.3. The molecule has 1 unspecified atom stereocenters. The van der Waals surface area contributed by atoms with Crippen molar-refractivity contribution >= 4 is 47.6 Å². The second kappa shape index (κ2) is 13.5. The number of hydrogen-bond donors (Lipinski definition) is 3. The molecule has 9 heteroatoms. The molecule has 1 saturated heterocycles. The fraction of sp³-hybridized carbons (Fsp3) is 0.609. The average Bonchev–Trinajstić information content (AvgIpc) is 3.12. The van der Waals surface area contributed by atoms with Crippen LogP contribution < -0.4 is 16.0 Å². The Balaban J connectivity index is 0.00000512. The largest absolute Gasteiger partial charge is 0.444 e. The summed E-state index contributed by atoms with van der Waals surface area (Å²) in [7, 11) is 0. The number of benzene rings is 1. The van der Waals surface area contributed by atoms with Crippen LogP contribution in [0.15, 0.2) is 29.3 Å². The van der Waals surface area contributed by atoms with Gasteiger partial charge in [0.25, 0.3) is 0 Å². The molecule has 0 bridgehead atoms. The van der Waals surface area contributed by atoms with Crippen LogP contribution in [0.5, 0.6) is 0 Å². The van der Waals surface area contributed by atoms with Crippen molar-refractivity contribution < 1.29 is 14.3 Å².